The number of fused-ring (bicyclic) bond motifs is 1. The van der Waals surface area contributed by atoms with Crippen LogP contribution in [0.5, 0.6) is 0 Å². The summed E-state index contributed by atoms with van der Waals surface area (Å²) >= 11 is 5.04. The highest BCUT2D eigenvalue weighted by Crippen LogP contribution is 2.35. The van der Waals surface area contributed by atoms with Crippen molar-refractivity contribution in [2.24, 2.45) is 5.73 Å². The van der Waals surface area contributed by atoms with Gasteiger partial charge in [0.1, 0.15) is 17.2 Å². The summed E-state index contributed by atoms with van der Waals surface area (Å²) in [6.07, 6.45) is 1.63. The van der Waals surface area contributed by atoms with E-state index in [2.05, 4.69) is 10.3 Å². The number of anilines is 3. The van der Waals surface area contributed by atoms with Gasteiger partial charge in [-0.15, -0.1) is 0 Å². The molecule has 0 unspecified atom stereocenters. The highest BCUT2D eigenvalue weighted by atomic mass is 32.1. The molecule has 2 aromatic rings. The van der Waals surface area contributed by atoms with Gasteiger partial charge in [0.25, 0.3) is 0 Å². The Morgan fingerprint density at radius 1 is 1.25 bits per heavy atom. The van der Waals surface area contributed by atoms with Gasteiger partial charge in [0.15, 0.2) is 0 Å². The van der Waals surface area contributed by atoms with E-state index in [1.807, 2.05) is 35.2 Å². The molecule has 6 heteroatoms. The first-order valence-electron chi connectivity index (χ1n) is 6.08. The molecule has 0 spiro atoms. The quantitative estimate of drug-likeness (QED) is 0.823. The number of para-hydroxylation sites is 2. The molecule has 0 saturated carbocycles. The summed E-state index contributed by atoms with van der Waals surface area (Å²) in [5, 5.41) is 2.84. The number of hydrogen-bond donors (Lipinski definition) is 2. The number of hydrogen-bond acceptors (Lipinski definition) is 4. The molecule has 1 amide bonds. The van der Waals surface area contributed by atoms with E-state index >= 15 is 0 Å². The van der Waals surface area contributed by atoms with Crippen LogP contribution in [0.25, 0.3) is 0 Å². The van der Waals surface area contributed by atoms with Crippen LogP contribution >= 0.6 is 12.2 Å². The molecular formula is C14H12N4OS. The van der Waals surface area contributed by atoms with E-state index in [4.69, 9.17) is 18.0 Å². The van der Waals surface area contributed by atoms with E-state index < -0.39 is 0 Å². The minimum Gasteiger partial charge on any atom is -0.388 e. The Morgan fingerprint density at radius 3 is 2.80 bits per heavy atom. The van der Waals surface area contributed by atoms with Gasteiger partial charge in [-0.05, 0) is 24.3 Å². The van der Waals surface area contributed by atoms with Crippen LogP contribution in [0, 0.1) is 0 Å². The summed E-state index contributed by atoms with van der Waals surface area (Å²) in [6, 6.07) is 11.2. The zero-order valence-corrected chi connectivity index (χ0v) is 11.4. The summed E-state index contributed by atoms with van der Waals surface area (Å²) in [5.41, 5.74) is 8.64. The number of aromatic nitrogens is 1. The largest absolute Gasteiger partial charge is 0.388 e. The van der Waals surface area contributed by atoms with Gasteiger partial charge in [0.05, 0.1) is 17.1 Å². The lowest BCUT2D eigenvalue weighted by Gasteiger charge is -2.31. The highest BCUT2D eigenvalue weighted by Gasteiger charge is 2.25. The summed E-state index contributed by atoms with van der Waals surface area (Å²) < 4.78 is 0. The summed E-state index contributed by atoms with van der Waals surface area (Å²) in [7, 11) is 0. The first-order valence-corrected chi connectivity index (χ1v) is 6.49. The van der Waals surface area contributed by atoms with E-state index in [0.29, 0.717) is 5.69 Å². The Labute approximate surface area is 121 Å². The minimum absolute atomic E-state index is 0.0820. The van der Waals surface area contributed by atoms with Gasteiger partial charge in [0.2, 0.25) is 5.91 Å². The number of rotatable bonds is 2. The van der Waals surface area contributed by atoms with Gasteiger partial charge in [0, 0.05) is 6.20 Å². The average molecular weight is 284 g/mol. The number of nitrogens with two attached hydrogens (primary N) is 1. The van der Waals surface area contributed by atoms with Crippen molar-refractivity contribution < 1.29 is 4.79 Å². The van der Waals surface area contributed by atoms with Crippen molar-refractivity contribution in [3.8, 4) is 0 Å². The van der Waals surface area contributed by atoms with Crippen molar-refractivity contribution in [3.05, 3.63) is 48.3 Å². The maximum atomic E-state index is 11.9. The maximum Gasteiger partial charge on any atom is 0.244 e. The van der Waals surface area contributed by atoms with Gasteiger partial charge < -0.3 is 16.0 Å². The van der Waals surface area contributed by atoms with Crippen LogP contribution in [0.2, 0.25) is 0 Å². The third kappa shape index (κ3) is 2.10. The van der Waals surface area contributed by atoms with Crippen molar-refractivity contribution in [2.75, 3.05) is 16.8 Å². The fourth-order valence-corrected chi connectivity index (χ4v) is 2.41. The average Bonchev–Trinajstić information content (AvgIpc) is 2.46. The molecule has 0 atom stereocenters. The van der Waals surface area contributed by atoms with Crippen molar-refractivity contribution in [2.45, 2.75) is 0 Å². The van der Waals surface area contributed by atoms with Crippen LogP contribution < -0.4 is 16.0 Å². The van der Waals surface area contributed by atoms with E-state index in [9.17, 15) is 4.79 Å². The predicted octanol–water partition coefficient (Wildman–Crippen LogP) is 1.81. The molecule has 1 aromatic heterocycles. The molecule has 100 valence electrons. The smallest absolute Gasteiger partial charge is 0.244 e. The molecule has 2 heterocycles. The van der Waals surface area contributed by atoms with Gasteiger partial charge in [-0.1, -0.05) is 24.4 Å². The first-order chi connectivity index (χ1) is 9.66. The number of amides is 1. The molecule has 0 radical (unpaired) electrons. The number of nitrogens with one attached hydrogen (secondary N) is 1. The summed E-state index contributed by atoms with van der Waals surface area (Å²) in [6.45, 7) is 0.207. The fourth-order valence-electron chi connectivity index (χ4n) is 2.25. The van der Waals surface area contributed by atoms with Crippen LogP contribution in [0.1, 0.15) is 5.69 Å². The molecule has 0 saturated heterocycles. The van der Waals surface area contributed by atoms with Crippen LogP contribution in [0.15, 0.2) is 42.6 Å². The topological polar surface area (TPSA) is 71.2 Å². The van der Waals surface area contributed by atoms with Crippen LogP contribution in [0.4, 0.5) is 17.1 Å². The van der Waals surface area contributed by atoms with Crippen molar-refractivity contribution in [1.29, 1.82) is 0 Å². The van der Waals surface area contributed by atoms with Gasteiger partial charge in [-0.3, -0.25) is 9.78 Å². The van der Waals surface area contributed by atoms with Crippen LogP contribution in [-0.2, 0) is 4.79 Å². The number of nitrogens with zero attached hydrogens (tertiary/aromatic N) is 2. The maximum absolute atomic E-state index is 11.9. The molecule has 20 heavy (non-hydrogen) atoms. The SMILES string of the molecule is NC(=S)c1ncccc1N1CC(=O)Nc2ccccc21. The number of pyridine rings is 1. The van der Waals surface area contributed by atoms with E-state index in [-0.39, 0.29) is 17.4 Å². The van der Waals surface area contributed by atoms with Gasteiger partial charge in [-0.2, -0.15) is 0 Å². The highest BCUT2D eigenvalue weighted by molar-refractivity contribution is 7.80. The molecular weight excluding hydrogens is 272 g/mol. The Balaban J connectivity index is 2.16. The predicted molar refractivity (Wildman–Crippen MR) is 82.2 cm³/mol. The zero-order chi connectivity index (χ0) is 14.1. The fraction of sp³-hybridized carbons (Fsp3) is 0.0714. The van der Waals surface area contributed by atoms with E-state index in [1.54, 1.807) is 12.3 Å². The standard InChI is InChI=1S/C14H12N4OS/c15-14(20)13-11(6-3-7-16-13)18-8-12(19)17-9-4-1-2-5-10(9)18/h1-7H,8H2,(H2,15,20)(H,17,19). The summed E-state index contributed by atoms with van der Waals surface area (Å²) in [4.78, 5) is 18.1. The third-order valence-corrected chi connectivity index (χ3v) is 3.27. The number of carbonyl (C=O) groups excluding carboxylic acids is 1. The Bertz CT molecular complexity index is 701. The van der Waals surface area contributed by atoms with E-state index in [1.165, 1.54) is 0 Å². The zero-order valence-electron chi connectivity index (χ0n) is 10.5. The normalized spacial score (nSPS) is 13.6. The van der Waals surface area contributed by atoms with Gasteiger partial charge >= 0.3 is 0 Å². The van der Waals surface area contributed by atoms with Gasteiger partial charge in [-0.25, -0.2) is 0 Å². The molecule has 3 rings (SSSR count). The number of thiocarbonyl (C=S) groups is 1. The van der Waals surface area contributed by atoms with Crippen LogP contribution in [-0.4, -0.2) is 22.4 Å². The molecule has 3 N–H and O–H groups in total. The number of carbonyl (C=O) groups is 1. The molecule has 0 aliphatic carbocycles. The number of benzene rings is 1. The van der Waals surface area contributed by atoms with Crippen molar-refractivity contribution in [1.82, 2.24) is 4.98 Å². The second-order valence-electron chi connectivity index (χ2n) is 4.39. The molecule has 1 aromatic carbocycles. The lowest BCUT2D eigenvalue weighted by Crippen LogP contribution is -2.36. The molecule has 1 aliphatic heterocycles. The molecule has 5 nitrogen and oxygen atoms in total. The summed E-state index contributed by atoms with van der Waals surface area (Å²) in [5.74, 6) is -0.0820. The monoisotopic (exact) mass is 284 g/mol. The Hall–Kier alpha value is -2.47. The second-order valence-corrected chi connectivity index (χ2v) is 4.83. The van der Waals surface area contributed by atoms with Crippen LogP contribution in [0.3, 0.4) is 0 Å². The first kappa shape index (κ1) is 12.6. The van der Waals surface area contributed by atoms with E-state index in [0.717, 1.165) is 17.1 Å². The van der Waals surface area contributed by atoms with Crippen molar-refractivity contribution in [3.63, 3.8) is 0 Å². The minimum atomic E-state index is -0.0820. The second kappa shape index (κ2) is 4.90. The molecule has 0 bridgehead atoms. The van der Waals surface area contributed by atoms with Crippen molar-refractivity contribution >= 4 is 40.2 Å². The molecule has 1 aliphatic rings. The Kier molecular flexibility index (Phi) is 3.08. The lowest BCUT2D eigenvalue weighted by atomic mass is 10.1. The molecule has 0 fully saturated rings. The lowest BCUT2D eigenvalue weighted by molar-refractivity contribution is -0.115. The Morgan fingerprint density at radius 2 is 2.00 bits per heavy atom. The third-order valence-electron chi connectivity index (χ3n) is 3.08.